The Morgan fingerprint density at radius 1 is 1.37 bits per heavy atom. The lowest BCUT2D eigenvalue weighted by Gasteiger charge is -2.27. The number of Topliss-reactive ketones (excluding diaryl/α,β-unsaturated/α-hetero) is 1. The molecule has 0 radical (unpaired) electrons. The minimum Gasteiger partial charge on any atom is -0.490 e. The van der Waals surface area contributed by atoms with E-state index in [4.69, 9.17) is 4.74 Å². The first-order valence-corrected chi connectivity index (χ1v) is 6.29. The predicted molar refractivity (Wildman–Crippen MR) is 65.6 cm³/mol. The lowest BCUT2D eigenvalue weighted by Crippen LogP contribution is -2.26. The summed E-state index contributed by atoms with van der Waals surface area (Å²) >= 11 is 0. The molecule has 1 aromatic carbocycles. The fraction of sp³-hybridized carbons (Fsp3) is 0.429. The average Bonchev–Trinajstić information content (AvgIpc) is 2.34. The molecule has 0 spiro atoms. The van der Waals surface area contributed by atoms with E-state index in [0.29, 0.717) is 0 Å². The van der Waals surface area contributed by atoms with Crippen molar-refractivity contribution in [1.29, 1.82) is 0 Å². The summed E-state index contributed by atoms with van der Waals surface area (Å²) in [5.41, 5.74) is -0.0784. The maximum atomic E-state index is 13.2. The number of ether oxygens (including phenoxy) is 2. The second kappa shape index (κ2) is 5.82. The van der Waals surface area contributed by atoms with Crippen LogP contribution >= 0.6 is 0 Å². The number of halogens is 1. The molecule has 19 heavy (non-hydrogen) atoms. The number of benzene rings is 1. The van der Waals surface area contributed by atoms with Crippen LogP contribution in [0.5, 0.6) is 5.75 Å². The number of carbonyl (C=O) groups is 2. The lowest BCUT2D eigenvalue weighted by molar-refractivity contribution is -0.137. The van der Waals surface area contributed by atoms with Gasteiger partial charge in [-0.25, -0.2) is 9.18 Å². The van der Waals surface area contributed by atoms with Crippen LogP contribution in [0.1, 0.15) is 36.5 Å². The summed E-state index contributed by atoms with van der Waals surface area (Å²) in [7, 11) is 0. The second-order valence-corrected chi connectivity index (χ2v) is 4.36. The Balaban J connectivity index is 2.22. The van der Waals surface area contributed by atoms with Crippen LogP contribution in [0, 0.1) is 5.82 Å². The normalized spacial score (nSPS) is 14.6. The molecule has 102 valence electrons. The maximum absolute atomic E-state index is 13.2. The van der Waals surface area contributed by atoms with Crippen LogP contribution in [-0.4, -0.2) is 24.5 Å². The van der Waals surface area contributed by atoms with Crippen LogP contribution in [0.25, 0.3) is 0 Å². The van der Waals surface area contributed by atoms with Crippen molar-refractivity contribution < 1.29 is 23.5 Å². The van der Waals surface area contributed by atoms with E-state index in [1.807, 2.05) is 0 Å². The minimum atomic E-state index is -0.994. The number of rotatable bonds is 5. The molecule has 0 bridgehead atoms. The van der Waals surface area contributed by atoms with Gasteiger partial charge in [0.2, 0.25) is 0 Å². The third kappa shape index (κ3) is 3.10. The Bertz CT molecular complexity index is 494. The molecule has 1 saturated carbocycles. The molecular formula is C14H15FO4. The van der Waals surface area contributed by atoms with Crippen molar-refractivity contribution in [1.82, 2.24) is 0 Å². The van der Waals surface area contributed by atoms with Gasteiger partial charge in [0, 0.05) is 0 Å². The van der Waals surface area contributed by atoms with E-state index >= 15 is 0 Å². The molecule has 0 aromatic heterocycles. The van der Waals surface area contributed by atoms with Crippen molar-refractivity contribution in [2.45, 2.75) is 32.3 Å². The number of hydrogen-bond acceptors (Lipinski definition) is 4. The van der Waals surface area contributed by atoms with Crippen molar-refractivity contribution in [3.8, 4) is 5.75 Å². The molecule has 0 N–H and O–H groups in total. The van der Waals surface area contributed by atoms with Crippen LogP contribution in [0.4, 0.5) is 4.39 Å². The molecule has 0 aliphatic heterocycles. The number of carbonyl (C=O) groups excluding carboxylic acids is 2. The van der Waals surface area contributed by atoms with Crippen molar-refractivity contribution in [2.75, 3.05) is 6.61 Å². The molecule has 0 unspecified atom stereocenters. The van der Waals surface area contributed by atoms with Crippen molar-refractivity contribution in [3.63, 3.8) is 0 Å². The molecule has 0 atom stereocenters. The summed E-state index contributed by atoms with van der Waals surface area (Å²) < 4.78 is 23.5. The zero-order valence-corrected chi connectivity index (χ0v) is 10.6. The third-order valence-corrected chi connectivity index (χ3v) is 2.99. The van der Waals surface area contributed by atoms with Crippen LogP contribution in [0.2, 0.25) is 0 Å². The predicted octanol–water partition coefficient (Wildman–Crippen LogP) is 2.50. The first-order valence-electron chi connectivity index (χ1n) is 6.29. The van der Waals surface area contributed by atoms with Crippen LogP contribution in [-0.2, 0) is 9.53 Å². The van der Waals surface area contributed by atoms with Gasteiger partial charge in [0.1, 0.15) is 11.6 Å². The van der Waals surface area contributed by atoms with Gasteiger partial charge in [0.15, 0.2) is 0 Å². The van der Waals surface area contributed by atoms with Gasteiger partial charge in [-0.3, -0.25) is 4.79 Å². The largest absolute Gasteiger partial charge is 0.490 e. The van der Waals surface area contributed by atoms with E-state index in [2.05, 4.69) is 4.74 Å². The number of hydrogen-bond donors (Lipinski definition) is 0. The average molecular weight is 266 g/mol. The van der Waals surface area contributed by atoms with Gasteiger partial charge in [0.25, 0.3) is 5.78 Å². The van der Waals surface area contributed by atoms with E-state index < -0.39 is 17.6 Å². The number of esters is 1. The quantitative estimate of drug-likeness (QED) is 0.467. The van der Waals surface area contributed by atoms with E-state index in [1.54, 1.807) is 6.92 Å². The van der Waals surface area contributed by atoms with E-state index in [9.17, 15) is 14.0 Å². The lowest BCUT2D eigenvalue weighted by atomic mass is 9.96. The van der Waals surface area contributed by atoms with Gasteiger partial charge in [-0.1, -0.05) is 0 Å². The van der Waals surface area contributed by atoms with Gasteiger partial charge in [-0.2, -0.15) is 0 Å². The smallest absolute Gasteiger partial charge is 0.379 e. The maximum Gasteiger partial charge on any atom is 0.379 e. The highest BCUT2D eigenvalue weighted by atomic mass is 19.1. The highest BCUT2D eigenvalue weighted by Gasteiger charge is 2.26. The Hall–Kier alpha value is -1.91. The standard InChI is InChI=1S/C14H15FO4/c1-2-18-14(17)13(16)11-8-9(15)6-7-12(11)19-10-4-3-5-10/h6-8,10H,2-5H2,1H3. The monoisotopic (exact) mass is 266 g/mol. The summed E-state index contributed by atoms with van der Waals surface area (Å²) in [6.07, 6.45) is 2.93. The van der Waals surface area contributed by atoms with E-state index in [1.165, 1.54) is 12.1 Å². The highest BCUT2D eigenvalue weighted by molar-refractivity contribution is 6.41. The Labute approximate surface area is 110 Å². The third-order valence-electron chi connectivity index (χ3n) is 2.99. The van der Waals surface area contributed by atoms with Crippen molar-refractivity contribution in [2.24, 2.45) is 0 Å². The summed E-state index contributed by atoms with van der Waals surface area (Å²) in [6.45, 7) is 1.70. The van der Waals surface area contributed by atoms with E-state index in [-0.39, 0.29) is 24.0 Å². The molecule has 4 nitrogen and oxygen atoms in total. The topological polar surface area (TPSA) is 52.6 Å². The molecule has 2 rings (SSSR count). The van der Waals surface area contributed by atoms with Crippen molar-refractivity contribution in [3.05, 3.63) is 29.6 Å². The summed E-state index contributed by atoms with van der Waals surface area (Å²) in [5.74, 6) is -2.22. The molecule has 1 aromatic rings. The Morgan fingerprint density at radius 2 is 2.11 bits per heavy atom. The summed E-state index contributed by atoms with van der Waals surface area (Å²) in [6, 6.07) is 3.59. The van der Waals surface area contributed by atoms with Gasteiger partial charge >= 0.3 is 5.97 Å². The summed E-state index contributed by atoms with van der Waals surface area (Å²) in [5, 5.41) is 0. The van der Waals surface area contributed by atoms with E-state index in [0.717, 1.165) is 25.3 Å². The fourth-order valence-electron chi connectivity index (χ4n) is 1.76. The minimum absolute atomic E-state index is 0.0409. The van der Waals surface area contributed by atoms with Gasteiger partial charge in [-0.15, -0.1) is 0 Å². The highest BCUT2D eigenvalue weighted by Crippen LogP contribution is 2.28. The Morgan fingerprint density at radius 3 is 2.68 bits per heavy atom. The van der Waals surface area contributed by atoms with Crippen molar-refractivity contribution >= 4 is 11.8 Å². The molecule has 0 saturated heterocycles. The second-order valence-electron chi connectivity index (χ2n) is 4.36. The van der Waals surface area contributed by atoms with Crippen LogP contribution in [0.15, 0.2) is 18.2 Å². The molecule has 0 heterocycles. The molecule has 5 heteroatoms. The van der Waals surface area contributed by atoms with Gasteiger partial charge in [0.05, 0.1) is 18.3 Å². The zero-order valence-electron chi connectivity index (χ0n) is 10.6. The molecule has 1 aliphatic rings. The zero-order chi connectivity index (χ0) is 13.8. The first-order chi connectivity index (χ1) is 9.11. The SMILES string of the molecule is CCOC(=O)C(=O)c1cc(F)ccc1OC1CCC1. The van der Waals surface area contributed by atoms with Gasteiger partial charge < -0.3 is 9.47 Å². The molecule has 1 fully saturated rings. The first kappa shape index (κ1) is 13.5. The molecule has 1 aliphatic carbocycles. The molecular weight excluding hydrogens is 251 g/mol. The van der Waals surface area contributed by atoms with Crippen LogP contribution in [0.3, 0.4) is 0 Å². The number of ketones is 1. The molecule has 0 amide bonds. The van der Waals surface area contributed by atoms with Crippen LogP contribution < -0.4 is 4.74 Å². The Kier molecular flexibility index (Phi) is 4.14. The summed E-state index contributed by atoms with van der Waals surface area (Å²) in [4.78, 5) is 23.3. The van der Waals surface area contributed by atoms with Gasteiger partial charge in [-0.05, 0) is 44.4 Å². The fourth-order valence-corrected chi connectivity index (χ4v) is 1.76.